The van der Waals surface area contributed by atoms with Gasteiger partial charge in [0.25, 0.3) is 0 Å². The van der Waals surface area contributed by atoms with Gasteiger partial charge in [-0.25, -0.2) is 0 Å². The largest absolute Gasteiger partial charge is 0.493 e. The quantitative estimate of drug-likeness (QED) is 0.808. The summed E-state index contributed by atoms with van der Waals surface area (Å²) in [6.45, 7) is 0.633. The fraction of sp³-hybridized carbons (Fsp3) is 0.417. The van der Waals surface area contributed by atoms with Crippen LogP contribution in [0.1, 0.15) is 24.3 Å². The predicted molar refractivity (Wildman–Crippen MR) is 59.5 cm³/mol. The van der Waals surface area contributed by atoms with Crippen molar-refractivity contribution in [3.05, 3.63) is 29.8 Å². The van der Waals surface area contributed by atoms with Gasteiger partial charge in [-0.1, -0.05) is 18.2 Å². The molecular weight excluding hydrogens is 206 g/mol. The summed E-state index contributed by atoms with van der Waals surface area (Å²) in [5.41, 5.74) is 6.64. The van der Waals surface area contributed by atoms with E-state index in [-0.39, 0.29) is 5.92 Å². The van der Waals surface area contributed by atoms with E-state index in [1.807, 2.05) is 24.3 Å². The molecule has 4 nitrogen and oxygen atoms in total. The zero-order valence-corrected chi connectivity index (χ0v) is 8.93. The number of para-hydroxylation sites is 1. The first-order chi connectivity index (χ1) is 7.68. The van der Waals surface area contributed by atoms with E-state index in [0.29, 0.717) is 13.0 Å². The molecule has 1 aromatic rings. The molecular formula is C12H15NO3. The van der Waals surface area contributed by atoms with Gasteiger partial charge in [-0.15, -0.1) is 0 Å². The Morgan fingerprint density at radius 1 is 1.56 bits per heavy atom. The first-order valence-corrected chi connectivity index (χ1v) is 5.38. The molecule has 4 heteroatoms. The summed E-state index contributed by atoms with van der Waals surface area (Å²) in [5.74, 6) is 0.108. The molecule has 1 aliphatic heterocycles. The predicted octanol–water partition coefficient (Wildman–Crippen LogP) is 1.35. The lowest BCUT2D eigenvalue weighted by molar-refractivity contribution is -0.138. The molecule has 1 unspecified atom stereocenters. The lowest BCUT2D eigenvalue weighted by Crippen LogP contribution is -2.33. The first-order valence-electron chi connectivity index (χ1n) is 5.38. The van der Waals surface area contributed by atoms with Crippen molar-refractivity contribution in [3.63, 3.8) is 0 Å². The van der Waals surface area contributed by atoms with Gasteiger partial charge in [0.2, 0.25) is 0 Å². The molecule has 16 heavy (non-hydrogen) atoms. The van der Waals surface area contributed by atoms with Gasteiger partial charge in [0.05, 0.1) is 6.61 Å². The second-order valence-electron chi connectivity index (χ2n) is 4.05. The average Bonchev–Trinajstić information content (AvgIpc) is 2.29. The number of rotatable bonds is 3. The summed E-state index contributed by atoms with van der Waals surface area (Å²) >= 11 is 0. The molecule has 0 aromatic heterocycles. The molecule has 1 aliphatic rings. The van der Waals surface area contributed by atoms with E-state index in [9.17, 15) is 4.79 Å². The number of ether oxygens (including phenoxy) is 1. The van der Waals surface area contributed by atoms with Crippen LogP contribution in [0.2, 0.25) is 0 Å². The first kappa shape index (κ1) is 11.0. The van der Waals surface area contributed by atoms with E-state index in [1.54, 1.807) is 0 Å². The molecule has 86 valence electrons. The summed E-state index contributed by atoms with van der Waals surface area (Å²) in [5, 5.41) is 8.80. The number of aliphatic carboxylic acids is 1. The summed E-state index contributed by atoms with van der Waals surface area (Å²) in [6.07, 6.45) is 1.30. The van der Waals surface area contributed by atoms with E-state index < -0.39 is 12.0 Å². The van der Waals surface area contributed by atoms with Crippen molar-refractivity contribution in [1.29, 1.82) is 0 Å². The second-order valence-corrected chi connectivity index (χ2v) is 4.05. The van der Waals surface area contributed by atoms with Crippen molar-refractivity contribution in [2.75, 3.05) is 6.61 Å². The monoisotopic (exact) mass is 221 g/mol. The van der Waals surface area contributed by atoms with Crippen molar-refractivity contribution in [1.82, 2.24) is 0 Å². The van der Waals surface area contributed by atoms with Crippen LogP contribution in [0.3, 0.4) is 0 Å². The molecule has 0 spiro atoms. The molecule has 0 radical (unpaired) electrons. The molecule has 2 rings (SSSR count). The standard InChI is InChI=1S/C12H15NO3/c13-10(12(14)15)7-8-5-6-16-11-4-2-1-3-9(8)11/h1-4,8,10H,5-7,13H2,(H,14,15)/t8?,10-/m1/s1. The molecule has 3 N–H and O–H groups in total. The third-order valence-corrected chi connectivity index (χ3v) is 2.94. The number of carboxylic acid groups (broad SMARTS) is 1. The fourth-order valence-electron chi connectivity index (χ4n) is 2.07. The maximum absolute atomic E-state index is 10.7. The van der Waals surface area contributed by atoms with Gasteiger partial charge in [0, 0.05) is 0 Å². The third kappa shape index (κ3) is 2.17. The Balaban J connectivity index is 2.16. The van der Waals surface area contributed by atoms with E-state index in [2.05, 4.69) is 0 Å². The zero-order chi connectivity index (χ0) is 11.5. The Hall–Kier alpha value is -1.55. The van der Waals surface area contributed by atoms with Crippen LogP contribution in [0.4, 0.5) is 0 Å². The smallest absolute Gasteiger partial charge is 0.320 e. The van der Waals surface area contributed by atoms with Crippen molar-refractivity contribution >= 4 is 5.97 Å². The van der Waals surface area contributed by atoms with Gasteiger partial charge >= 0.3 is 5.97 Å². The second kappa shape index (κ2) is 4.53. The highest BCUT2D eigenvalue weighted by atomic mass is 16.5. The van der Waals surface area contributed by atoms with Gasteiger partial charge in [-0.2, -0.15) is 0 Å². The molecule has 0 saturated heterocycles. The number of carbonyl (C=O) groups is 1. The normalized spacial score (nSPS) is 20.7. The Kier molecular flexibility index (Phi) is 3.10. The summed E-state index contributed by atoms with van der Waals surface area (Å²) in [6, 6.07) is 6.95. The number of nitrogens with two attached hydrogens (primary N) is 1. The maximum Gasteiger partial charge on any atom is 0.320 e. The van der Waals surface area contributed by atoms with Crippen LogP contribution < -0.4 is 10.5 Å². The summed E-state index contributed by atoms with van der Waals surface area (Å²) < 4.78 is 5.51. The van der Waals surface area contributed by atoms with Gasteiger partial charge in [-0.3, -0.25) is 4.79 Å². The van der Waals surface area contributed by atoms with E-state index in [1.165, 1.54) is 0 Å². The SMILES string of the molecule is N[C@H](CC1CCOc2ccccc21)C(=O)O. The minimum atomic E-state index is -0.941. The Labute approximate surface area is 94.0 Å². The van der Waals surface area contributed by atoms with Crippen molar-refractivity contribution in [2.45, 2.75) is 24.8 Å². The van der Waals surface area contributed by atoms with E-state index in [0.717, 1.165) is 17.7 Å². The van der Waals surface area contributed by atoms with E-state index >= 15 is 0 Å². The molecule has 1 aromatic carbocycles. The Morgan fingerprint density at radius 3 is 3.06 bits per heavy atom. The van der Waals surface area contributed by atoms with Crippen LogP contribution in [0.15, 0.2) is 24.3 Å². The number of carboxylic acids is 1. The van der Waals surface area contributed by atoms with Crippen LogP contribution in [0, 0.1) is 0 Å². The minimum Gasteiger partial charge on any atom is -0.493 e. The Bertz CT molecular complexity index is 392. The van der Waals surface area contributed by atoms with Crippen LogP contribution >= 0.6 is 0 Å². The van der Waals surface area contributed by atoms with E-state index in [4.69, 9.17) is 15.6 Å². The van der Waals surface area contributed by atoms with Crippen molar-refractivity contribution < 1.29 is 14.6 Å². The van der Waals surface area contributed by atoms with Crippen molar-refractivity contribution in [3.8, 4) is 5.75 Å². The lowest BCUT2D eigenvalue weighted by Gasteiger charge is -2.26. The van der Waals surface area contributed by atoms with Crippen LogP contribution in [0.25, 0.3) is 0 Å². The lowest BCUT2D eigenvalue weighted by atomic mass is 9.88. The van der Waals surface area contributed by atoms with Crippen LogP contribution in [-0.4, -0.2) is 23.7 Å². The molecule has 0 saturated carbocycles. The number of fused-ring (bicyclic) bond motifs is 1. The van der Waals surface area contributed by atoms with Crippen LogP contribution in [0.5, 0.6) is 5.75 Å². The molecule has 0 aliphatic carbocycles. The van der Waals surface area contributed by atoms with Gasteiger partial charge in [0.1, 0.15) is 11.8 Å². The topological polar surface area (TPSA) is 72.5 Å². The average molecular weight is 221 g/mol. The van der Waals surface area contributed by atoms with Crippen molar-refractivity contribution in [2.24, 2.45) is 5.73 Å². The number of hydrogen-bond donors (Lipinski definition) is 2. The highest BCUT2D eigenvalue weighted by Crippen LogP contribution is 2.35. The number of benzene rings is 1. The fourth-order valence-corrected chi connectivity index (χ4v) is 2.07. The van der Waals surface area contributed by atoms with Crippen LogP contribution in [-0.2, 0) is 4.79 Å². The Morgan fingerprint density at radius 2 is 2.31 bits per heavy atom. The van der Waals surface area contributed by atoms with Gasteiger partial charge < -0.3 is 15.6 Å². The molecule has 0 fully saturated rings. The molecule has 0 amide bonds. The third-order valence-electron chi connectivity index (χ3n) is 2.94. The molecule has 2 atom stereocenters. The van der Waals surface area contributed by atoms with Gasteiger partial charge in [0.15, 0.2) is 0 Å². The molecule has 1 heterocycles. The zero-order valence-electron chi connectivity index (χ0n) is 8.93. The molecule has 0 bridgehead atoms. The minimum absolute atomic E-state index is 0.191. The number of hydrogen-bond acceptors (Lipinski definition) is 3. The maximum atomic E-state index is 10.7. The summed E-state index contributed by atoms with van der Waals surface area (Å²) in [4.78, 5) is 10.7. The van der Waals surface area contributed by atoms with Gasteiger partial charge in [-0.05, 0) is 30.4 Å². The summed E-state index contributed by atoms with van der Waals surface area (Å²) in [7, 11) is 0. The highest BCUT2D eigenvalue weighted by Gasteiger charge is 2.25. The highest BCUT2D eigenvalue weighted by molar-refractivity contribution is 5.73.